The Balaban J connectivity index is 2.29. The molecule has 2 aromatic rings. The molecular formula is C16H20F2N2O. The Morgan fingerprint density at radius 1 is 1.24 bits per heavy atom. The van der Waals surface area contributed by atoms with E-state index in [0.29, 0.717) is 11.4 Å². The molecule has 0 saturated heterocycles. The molecular weight excluding hydrogens is 274 g/mol. The van der Waals surface area contributed by atoms with Gasteiger partial charge in [0.05, 0.1) is 5.52 Å². The lowest BCUT2D eigenvalue weighted by atomic mass is 10.0. The number of rotatable bonds is 4. The van der Waals surface area contributed by atoms with Crippen molar-refractivity contribution in [3.63, 3.8) is 0 Å². The second-order valence-corrected chi connectivity index (χ2v) is 5.93. The van der Waals surface area contributed by atoms with Gasteiger partial charge in [-0.2, -0.15) is 0 Å². The fourth-order valence-corrected chi connectivity index (χ4v) is 2.51. The van der Waals surface area contributed by atoms with E-state index < -0.39 is 11.6 Å². The second kappa shape index (κ2) is 5.84. The van der Waals surface area contributed by atoms with E-state index in [-0.39, 0.29) is 23.0 Å². The van der Waals surface area contributed by atoms with E-state index in [4.69, 9.17) is 0 Å². The number of nitrogens with zero attached hydrogens (tertiary/aromatic N) is 1. The Labute approximate surface area is 122 Å². The van der Waals surface area contributed by atoms with Crippen LogP contribution in [-0.2, 0) is 0 Å². The van der Waals surface area contributed by atoms with Crippen LogP contribution >= 0.6 is 0 Å². The quantitative estimate of drug-likeness (QED) is 0.910. The average molecular weight is 294 g/mol. The molecule has 1 aromatic carbocycles. The summed E-state index contributed by atoms with van der Waals surface area (Å²) in [5.74, 6) is -1.08. The van der Waals surface area contributed by atoms with Crippen molar-refractivity contribution in [2.75, 3.05) is 7.05 Å². The first-order valence-corrected chi connectivity index (χ1v) is 7.04. The number of hydrogen-bond donors (Lipinski definition) is 1. The third-order valence-electron chi connectivity index (χ3n) is 3.68. The van der Waals surface area contributed by atoms with Crippen LogP contribution in [0.1, 0.15) is 37.7 Å². The van der Waals surface area contributed by atoms with Gasteiger partial charge < -0.3 is 9.88 Å². The van der Waals surface area contributed by atoms with Crippen molar-refractivity contribution in [1.29, 1.82) is 0 Å². The number of fused-ring (bicyclic) bond motifs is 1. The third-order valence-corrected chi connectivity index (χ3v) is 3.68. The van der Waals surface area contributed by atoms with Crippen LogP contribution in [0.15, 0.2) is 18.2 Å². The minimum absolute atomic E-state index is 0.0745. The minimum atomic E-state index is -0.668. The molecule has 0 saturated carbocycles. The van der Waals surface area contributed by atoms with Gasteiger partial charge in [-0.05, 0) is 31.4 Å². The Morgan fingerprint density at radius 2 is 1.90 bits per heavy atom. The standard InChI is InChI=1S/C16H20F2N2O/c1-9(2)5-10(3)20(4)16(21)15-8-12-13(18)6-11(17)7-14(12)19-15/h6-10,19H,5H2,1-4H3. The maximum atomic E-state index is 13.7. The number of aromatic amines is 1. The van der Waals surface area contributed by atoms with Crippen LogP contribution in [-0.4, -0.2) is 28.9 Å². The molecule has 1 N–H and O–H groups in total. The molecule has 1 amide bonds. The molecule has 1 unspecified atom stereocenters. The number of carbonyl (C=O) groups excluding carboxylic acids is 1. The fourth-order valence-electron chi connectivity index (χ4n) is 2.51. The van der Waals surface area contributed by atoms with Gasteiger partial charge in [-0.3, -0.25) is 4.79 Å². The van der Waals surface area contributed by atoms with Gasteiger partial charge in [-0.15, -0.1) is 0 Å². The van der Waals surface area contributed by atoms with Gasteiger partial charge in [0.25, 0.3) is 5.91 Å². The molecule has 0 spiro atoms. The zero-order valence-corrected chi connectivity index (χ0v) is 12.7. The smallest absolute Gasteiger partial charge is 0.270 e. The molecule has 0 bridgehead atoms. The van der Waals surface area contributed by atoms with Gasteiger partial charge in [0, 0.05) is 24.5 Å². The lowest BCUT2D eigenvalue weighted by Crippen LogP contribution is -2.36. The number of nitrogens with one attached hydrogen (secondary N) is 1. The number of halogens is 2. The summed E-state index contributed by atoms with van der Waals surface area (Å²) in [5.41, 5.74) is 0.563. The van der Waals surface area contributed by atoms with E-state index in [1.165, 1.54) is 12.1 Å². The van der Waals surface area contributed by atoms with Crippen molar-refractivity contribution in [3.05, 3.63) is 35.5 Å². The molecule has 114 valence electrons. The average Bonchev–Trinajstić information content (AvgIpc) is 2.80. The molecule has 2 rings (SSSR count). The van der Waals surface area contributed by atoms with Crippen LogP contribution in [0.3, 0.4) is 0 Å². The number of carbonyl (C=O) groups is 1. The van der Waals surface area contributed by atoms with E-state index in [0.717, 1.165) is 12.5 Å². The third kappa shape index (κ3) is 3.23. The lowest BCUT2D eigenvalue weighted by Gasteiger charge is -2.25. The van der Waals surface area contributed by atoms with Gasteiger partial charge in [0.2, 0.25) is 0 Å². The summed E-state index contributed by atoms with van der Waals surface area (Å²) in [7, 11) is 1.72. The summed E-state index contributed by atoms with van der Waals surface area (Å²) in [4.78, 5) is 16.8. The van der Waals surface area contributed by atoms with Gasteiger partial charge in [-0.1, -0.05) is 13.8 Å². The van der Waals surface area contributed by atoms with Crippen molar-refractivity contribution < 1.29 is 13.6 Å². The molecule has 0 fully saturated rings. The molecule has 3 nitrogen and oxygen atoms in total. The fraction of sp³-hybridized carbons (Fsp3) is 0.438. The SMILES string of the molecule is CC(C)CC(C)N(C)C(=O)c1cc2c(F)cc(F)cc2[nH]1. The van der Waals surface area contributed by atoms with Crippen LogP contribution in [0, 0.1) is 17.6 Å². The van der Waals surface area contributed by atoms with Crippen LogP contribution in [0.5, 0.6) is 0 Å². The Morgan fingerprint density at radius 3 is 2.52 bits per heavy atom. The molecule has 0 aliphatic carbocycles. The van der Waals surface area contributed by atoms with Crippen molar-refractivity contribution >= 4 is 16.8 Å². The predicted molar refractivity (Wildman–Crippen MR) is 79.2 cm³/mol. The Kier molecular flexibility index (Phi) is 4.30. The van der Waals surface area contributed by atoms with E-state index in [2.05, 4.69) is 18.8 Å². The number of hydrogen-bond acceptors (Lipinski definition) is 1. The maximum absolute atomic E-state index is 13.7. The molecule has 1 heterocycles. The van der Waals surface area contributed by atoms with Crippen molar-refractivity contribution in [1.82, 2.24) is 9.88 Å². The highest BCUT2D eigenvalue weighted by Gasteiger charge is 2.20. The van der Waals surface area contributed by atoms with Gasteiger partial charge >= 0.3 is 0 Å². The maximum Gasteiger partial charge on any atom is 0.270 e. The van der Waals surface area contributed by atoms with Crippen molar-refractivity contribution in [2.24, 2.45) is 5.92 Å². The predicted octanol–water partition coefficient (Wildman–Crippen LogP) is 3.95. The van der Waals surface area contributed by atoms with Crippen molar-refractivity contribution in [2.45, 2.75) is 33.2 Å². The summed E-state index contributed by atoms with van der Waals surface area (Å²) in [5, 5.41) is 0.227. The largest absolute Gasteiger partial charge is 0.350 e. The van der Waals surface area contributed by atoms with E-state index in [1.54, 1.807) is 11.9 Å². The van der Waals surface area contributed by atoms with E-state index in [9.17, 15) is 13.6 Å². The molecule has 0 aliphatic rings. The van der Waals surface area contributed by atoms with Crippen LogP contribution in [0.25, 0.3) is 10.9 Å². The summed E-state index contributed by atoms with van der Waals surface area (Å²) in [6.07, 6.45) is 0.880. The molecule has 1 atom stereocenters. The summed E-state index contributed by atoms with van der Waals surface area (Å²) >= 11 is 0. The zero-order valence-electron chi connectivity index (χ0n) is 12.7. The highest BCUT2D eigenvalue weighted by molar-refractivity contribution is 5.98. The number of aromatic nitrogens is 1. The van der Waals surface area contributed by atoms with Crippen LogP contribution in [0.2, 0.25) is 0 Å². The first-order chi connectivity index (χ1) is 9.79. The van der Waals surface area contributed by atoms with Gasteiger partial charge in [0.15, 0.2) is 0 Å². The zero-order chi connectivity index (χ0) is 15.7. The normalized spacial score (nSPS) is 12.9. The first kappa shape index (κ1) is 15.5. The Bertz CT molecular complexity index is 664. The first-order valence-electron chi connectivity index (χ1n) is 7.04. The van der Waals surface area contributed by atoms with E-state index >= 15 is 0 Å². The van der Waals surface area contributed by atoms with Crippen LogP contribution in [0.4, 0.5) is 8.78 Å². The number of benzene rings is 1. The highest BCUT2D eigenvalue weighted by Crippen LogP contribution is 2.22. The molecule has 0 radical (unpaired) electrons. The molecule has 21 heavy (non-hydrogen) atoms. The van der Waals surface area contributed by atoms with Gasteiger partial charge in [0.1, 0.15) is 17.3 Å². The summed E-state index contributed by atoms with van der Waals surface area (Å²) in [6, 6.07) is 3.51. The monoisotopic (exact) mass is 294 g/mol. The molecule has 0 aliphatic heterocycles. The van der Waals surface area contributed by atoms with Crippen molar-refractivity contribution in [3.8, 4) is 0 Å². The Hall–Kier alpha value is -1.91. The van der Waals surface area contributed by atoms with E-state index in [1.807, 2.05) is 6.92 Å². The topological polar surface area (TPSA) is 36.1 Å². The number of H-pyrrole nitrogens is 1. The van der Waals surface area contributed by atoms with Gasteiger partial charge in [-0.25, -0.2) is 8.78 Å². The number of amides is 1. The summed E-state index contributed by atoms with van der Waals surface area (Å²) < 4.78 is 26.9. The lowest BCUT2D eigenvalue weighted by molar-refractivity contribution is 0.0723. The molecule has 1 aromatic heterocycles. The second-order valence-electron chi connectivity index (χ2n) is 5.93. The minimum Gasteiger partial charge on any atom is -0.350 e. The highest BCUT2D eigenvalue weighted by atomic mass is 19.1. The summed E-state index contributed by atoms with van der Waals surface area (Å²) in [6.45, 7) is 6.16. The molecule has 5 heteroatoms. The van der Waals surface area contributed by atoms with Crippen LogP contribution < -0.4 is 0 Å².